The average molecular weight is 291 g/mol. The van der Waals surface area contributed by atoms with Crippen LogP contribution in [-0.4, -0.2) is 35.8 Å². The highest BCUT2D eigenvalue weighted by Crippen LogP contribution is 2.30. The molecule has 1 fully saturated rings. The number of rotatable bonds is 5. The summed E-state index contributed by atoms with van der Waals surface area (Å²) in [4.78, 5) is 7.15. The molecule has 118 valence electrons. The first kappa shape index (κ1) is 16.2. The molecule has 0 radical (unpaired) electrons. The molecule has 4 nitrogen and oxygen atoms in total. The van der Waals surface area contributed by atoms with E-state index in [0.717, 1.165) is 44.1 Å². The Morgan fingerprint density at radius 1 is 1.19 bits per heavy atom. The van der Waals surface area contributed by atoms with Crippen molar-refractivity contribution in [2.75, 3.05) is 24.5 Å². The van der Waals surface area contributed by atoms with E-state index in [4.69, 9.17) is 9.72 Å². The van der Waals surface area contributed by atoms with Gasteiger partial charge in [-0.05, 0) is 52.8 Å². The Bertz CT molecular complexity index is 455. The molecule has 1 saturated heterocycles. The summed E-state index contributed by atoms with van der Waals surface area (Å²) in [6.45, 7) is 14.4. The SMILES string of the molecule is CCCNCc1cccc(N2CC(C)(C)OC(C)(C)C2)n1. The van der Waals surface area contributed by atoms with E-state index in [-0.39, 0.29) is 11.2 Å². The lowest BCUT2D eigenvalue weighted by Crippen LogP contribution is -2.57. The summed E-state index contributed by atoms with van der Waals surface area (Å²) in [6, 6.07) is 6.28. The summed E-state index contributed by atoms with van der Waals surface area (Å²) < 4.78 is 6.14. The van der Waals surface area contributed by atoms with E-state index in [1.165, 1.54) is 0 Å². The van der Waals surface area contributed by atoms with Crippen LogP contribution in [0.2, 0.25) is 0 Å². The Labute approximate surface area is 128 Å². The summed E-state index contributed by atoms with van der Waals surface area (Å²) in [5.41, 5.74) is 0.794. The summed E-state index contributed by atoms with van der Waals surface area (Å²) >= 11 is 0. The third-order valence-corrected chi connectivity index (χ3v) is 3.54. The fourth-order valence-corrected chi connectivity index (χ4v) is 3.08. The number of hydrogen-bond acceptors (Lipinski definition) is 4. The van der Waals surface area contributed by atoms with Crippen molar-refractivity contribution in [2.45, 2.75) is 58.8 Å². The third kappa shape index (κ3) is 4.68. The number of pyridine rings is 1. The lowest BCUT2D eigenvalue weighted by molar-refractivity contribution is -0.133. The molecule has 0 aliphatic carbocycles. The van der Waals surface area contributed by atoms with E-state index in [1.807, 2.05) is 0 Å². The van der Waals surface area contributed by atoms with E-state index in [2.05, 4.69) is 63.0 Å². The van der Waals surface area contributed by atoms with Crippen LogP contribution in [0.1, 0.15) is 46.7 Å². The van der Waals surface area contributed by atoms with Crippen molar-refractivity contribution in [3.8, 4) is 0 Å². The fraction of sp³-hybridized carbons (Fsp3) is 0.706. The van der Waals surface area contributed by atoms with Crippen molar-refractivity contribution < 1.29 is 4.74 Å². The van der Waals surface area contributed by atoms with Gasteiger partial charge in [0.2, 0.25) is 0 Å². The molecule has 1 aromatic heterocycles. The van der Waals surface area contributed by atoms with Crippen LogP contribution in [0.5, 0.6) is 0 Å². The van der Waals surface area contributed by atoms with E-state index in [0.29, 0.717) is 0 Å². The van der Waals surface area contributed by atoms with E-state index in [1.54, 1.807) is 0 Å². The second-order valence-corrected chi connectivity index (χ2v) is 7.14. The van der Waals surface area contributed by atoms with Gasteiger partial charge in [0.15, 0.2) is 0 Å². The van der Waals surface area contributed by atoms with Crippen LogP contribution in [-0.2, 0) is 11.3 Å². The van der Waals surface area contributed by atoms with E-state index < -0.39 is 0 Å². The van der Waals surface area contributed by atoms with Crippen molar-refractivity contribution in [2.24, 2.45) is 0 Å². The molecule has 1 aliphatic rings. The Hall–Kier alpha value is -1.13. The Morgan fingerprint density at radius 3 is 2.48 bits per heavy atom. The molecule has 1 aliphatic heterocycles. The van der Waals surface area contributed by atoms with Crippen molar-refractivity contribution in [1.82, 2.24) is 10.3 Å². The molecule has 0 unspecified atom stereocenters. The van der Waals surface area contributed by atoms with Gasteiger partial charge in [-0.25, -0.2) is 4.98 Å². The lowest BCUT2D eigenvalue weighted by Gasteiger charge is -2.47. The predicted molar refractivity (Wildman–Crippen MR) is 87.7 cm³/mol. The van der Waals surface area contributed by atoms with Crippen LogP contribution in [0.4, 0.5) is 5.82 Å². The van der Waals surface area contributed by atoms with E-state index in [9.17, 15) is 0 Å². The average Bonchev–Trinajstić information content (AvgIpc) is 2.36. The number of anilines is 1. The first-order valence-corrected chi connectivity index (χ1v) is 7.93. The number of nitrogens with one attached hydrogen (secondary N) is 1. The zero-order valence-corrected chi connectivity index (χ0v) is 14.1. The maximum Gasteiger partial charge on any atom is 0.129 e. The van der Waals surface area contributed by atoms with Gasteiger partial charge < -0.3 is 15.0 Å². The van der Waals surface area contributed by atoms with Crippen LogP contribution < -0.4 is 10.2 Å². The molecule has 0 bridgehead atoms. The Balaban J connectivity index is 2.11. The minimum atomic E-state index is -0.153. The summed E-state index contributed by atoms with van der Waals surface area (Å²) in [6.07, 6.45) is 1.14. The molecule has 21 heavy (non-hydrogen) atoms. The van der Waals surface area contributed by atoms with Crippen molar-refractivity contribution >= 4 is 5.82 Å². The molecule has 1 aromatic rings. The number of aromatic nitrogens is 1. The zero-order chi connectivity index (χ0) is 15.5. The molecule has 2 rings (SSSR count). The van der Waals surface area contributed by atoms with Gasteiger partial charge in [0, 0.05) is 19.6 Å². The molecule has 0 saturated carbocycles. The molecule has 2 heterocycles. The summed E-state index contributed by atoms with van der Waals surface area (Å²) in [5.74, 6) is 1.05. The van der Waals surface area contributed by atoms with Gasteiger partial charge in [-0.15, -0.1) is 0 Å². The van der Waals surface area contributed by atoms with E-state index >= 15 is 0 Å². The highest BCUT2D eigenvalue weighted by Gasteiger charge is 2.38. The number of morpholine rings is 1. The first-order valence-electron chi connectivity index (χ1n) is 7.93. The number of hydrogen-bond donors (Lipinski definition) is 1. The normalized spacial score (nSPS) is 20.5. The molecule has 0 spiro atoms. The maximum atomic E-state index is 6.14. The largest absolute Gasteiger partial charge is 0.366 e. The second kappa shape index (κ2) is 6.32. The van der Waals surface area contributed by atoms with Crippen molar-refractivity contribution in [3.05, 3.63) is 23.9 Å². The number of ether oxygens (including phenoxy) is 1. The van der Waals surface area contributed by atoms with Crippen LogP contribution in [0, 0.1) is 0 Å². The van der Waals surface area contributed by atoms with Crippen molar-refractivity contribution in [1.29, 1.82) is 0 Å². The summed E-state index contributed by atoms with van der Waals surface area (Å²) in [7, 11) is 0. The lowest BCUT2D eigenvalue weighted by atomic mass is 9.99. The predicted octanol–water partition coefficient (Wildman–Crippen LogP) is 2.98. The maximum absolute atomic E-state index is 6.14. The van der Waals surface area contributed by atoms with Crippen LogP contribution in [0.3, 0.4) is 0 Å². The van der Waals surface area contributed by atoms with Gasteiger partial charge in [0.05, 0.1) is 16.9 Å². The molecular weight excluding hydrogens is 262 g/mol. The minimum absolute atomic E-state index is 0.153. The quantitative estimate of drug-likeness (QED) is 0.846. The van der Waals surface area contributed by atoms with Gasteiger partial charge >= 0.3 is 0 Å². The monoisotopic (exact) mass is 291 g/mol. The highest BCUT2D eigenvalue weighted by atomic mass is 16.5. The molecule has 0 aromatic carbocycles. The number of nitrogens with zero attached hydrogens (tertiary/aromatic N) is 2. The van der Waals surface area contributed by atoms with Crippen molar-refractivity contribution in [3.63, 3.8) is 0 Å². The second-order valence-electron chi connectivity index (χ2n) is 7.14. The topological polar surface area (TPSA) is 37.4 Å². The van der Waals surface area contributed by atoms with Gasteiger partial charge in [0.1, 0.15) is 5.82 Å². The molecule has 0 amide bonds. The van der Waals surface area contributed by atoms with Crippen LogP contribution in [0.25, 0.3) is 0 Å². The summed E-state index contributed by atoms with van der Waals surface area (Å²) in [5, 5.41) is 3.41. The van der Waals surface area contributed by atoms with Crippen LogP contribution in [0.15, 0.2) is 18.2 Å². The highest BCUT2D eigenvalue weighted by molar-refractivity contribution is 5.41. The smallest absolute Gasteiger partial charge is 0.129 e. The molecule has 4 heteroatoms. The Kier molecular flexibility index (Phi) is 4.89. The zero-order valence-electron chi connectivity index (χ0n) is 14.1. The molecule has 0 atom stereocenters. The van der Waals surface area contributed by atoms with Crippen LogP contribution >= 0.6 is 0 Å². The van der Waals surface area contributed by atoms with Gasteiger partial charge in [0.25, 0.3) is 0 Å². The molecular formula is C17H29N3O. The third-order valence-electron chi connectivity index (χ3n) is 3.54. The fourth-order valence-electron chi connectivity index (χ4n) is 3.08. The minimum Gasteiger partial charge on any atom is -0.366 e. The Morgan fingerprint density at radius 2 is 1.86 bits per heavy atom. The molecule has 1 N–H and O–H groups in total. The van der Waals surface area contributed by atoms with Gasteiger partial charge in [-0.2, -0.15) is 0 Å². The first-order chi connectivity index (χ1) is 9.81. The standard InChI is InChI=1S/C17H29N3O/c1-6-10-18-11-14-8-7-9-15(19-14)20-12-16(2,3)21-17(4,5)13-20/h7-9,18H,6,10-13H2,1-5H3. The van der Waals surface area contributed by atoms with Gasteiger partial charge in [-0.3, -0.25) is 0 Å². The van der Waals surface area contributed by atoms with Gasteiger partial charge in [-0.1, -0.05) is 13.0 Å².